The number of hydrogen-bond acceptors (Lipinski definition) is 5. The van der Waals surface area contributed by atoms with E-state index in [-0.39, 0.29) is 17.4 Å². The first-order valence-electron chi connectivity index (χ1n) is 11.8. The number of carbonyl (C=O) groups is 2. The maximum absolute atomic E-state index is 13.1. The van der Waals surface area contributed by atoms with Gasteiger partial charge in [0.2, 0.25) is 0 Å². The third-order valence-electron chi connectivity index (χ3n) is 6.27. The first kappa shape index (κ1) is 23.1. The van der Waals surface area contributed by atoms with Crippen LogP contribution >= 0.6 is 0 Å². The van der Waals surface area contributed by atoms with E-state index in [4.69, 9.17) is 9.47 Å². The minimum absolute atomic E-state index is 0.101. The highest BCUT2D eigenvalue weighted by Crippen LogP contribution is 2.40. The summed E-state index contributed by atoms with van der Waals surface area (Å²) in [4.78, 5) is 27.8. The highest BCUT2D eigenvalue weighted by atomic mass is 16.5. The first-order valence-corrected chi connectivity index (χ1v) is 11.8. The zero-order valence-corrected chi connectivity index (χ0v) is 19.3. The number of rotatable bonds is 8. The third kappa shape index (κ3) is 4.81. The van der Waals surface area contributed by atoms with Crippen LogP contribution in [0.1, 0.15) is 55.8 Å². The average molecular weight is 450 g/mol. The Labute approximate surface area is 194 Å². The quantitative estimate of drug-likeness (QED) is 0.361. The number of amides is 1. The van der Waals surface area contributed by atoms with Crippen molar-refractivity contribution in [3.63, 3.8) is 0 Å². The van der Waals surface area contributed by atoms with Gasteiger partial charge in [-0.2, -0.15) is 0 Å². The van der Waals surface area contributed by atoms with Crippen molar-refractivity contribution in [3.8, 4) is 5.75 Å². The SMILES string of the molecule is CCCOc1ccc(/C(O)=C2/C(=O)C(=O)N(CC3CCCO3)C2c2ccc(CC)cc2)cc1. The number of benzene rings is 2. The van der Waals surface area contributed by atoms with Crippen molar-refractivity contribution >= 4 is 17.4 Å². The Kier molecular flexibility index (Phi) is 7.14. The van der Waals surface area contributed by atoms with Gasteiger partial charge in [0.25, 0.3) is 11.7 Å². The second-order valence-electron chi connectivity index (χ2n) is 8.55. The number of aliphatic hydroxyl groups excluding tert-OH is 1. The molecule has 2 aromatic rings. The van der Waals surface area contributed by atoms with E-state index < -0.39 is 17.7 Å². The van der Waals surface area contributed by atoms with Crippen molar-refractivity contribution in [2.75, 3.05) is 19.8 Å². The number of nitrogens with zero attached hydrogens (tertiary/aromatic N) is 1. The molecule has 6 heteroatoms. The highest BCUT2D eigenvalue weighted by Gasteiger charge is 2.47. The summed E-state index contributed by atoms with van der Waals surface area (Å²) in [5.74, 6) is -0.741. The largest absolute Gasteiger partial charge is 0.507 e. The lowest BCUT2D eigenvalue weighted by molar-refractivity contribution is -0.140. The molecule has 0 saturated carbocycles. The molecule has 2 atom stereocenters. The zero-order valence-electron chi connectivity index (χ0n) is 19.3. The topological polar surface area (TPSA) is 76.1 Å². The molecule has 0 aliphatic carbocycles. The number of aliphatic hydroxyl groups is 1. The standard InChI is InChI=1S/C27H31NO5/c1-3-15-32-21-13-11-20(12-14-21)25(29)23-24(19-9-7-18(4-2)8-10-19)28(27(31)26(23)30)17-22-6-5-16-33-22/h7-14,22,24,29H,3-6,15-17H2,1-2H3/b25-23-. The fourth-order valence-electron chi connectivity index (χ4n) is 4.44. The molecule has 0 spiro atoms. The molecule has 2 aliphatic rings. The molecule has 1 N–H and O–H groups in total. The van der Waals surface area contributed by atoms with Crippen LogP contribution in [-0.2, 0) is 20.7 Å². The van der Waals surface area contributed by atoms with Crippen molar-refractivity contribution in [2.45, 2.75) is 51.7 Å². The van der Waals surface area contributed by atoms with Gasteiger partial charge in [-0.15, -0.1) is 0 Å². The maximum Gasteiger partial charge on any atom is 0.295 e. The summed E-state index contributed by atoms with van der Waals surface area (Å²) in [6.07, 6.45) is 3.48. The minimum Gasteiger partial charge on any atom is -0.507 e. The van der Waals surface area contributed by atoms with Gasteiger partial charge in [-0.3, -0.25) is 9.59 Å². The van der Waals surface area contributed by atoms with E-state index in [0.29, 0.717) is 31.1 Å². The molecule has 0 radical (unpaired) electrons. The van der Waals surface area contributed by atoms with Crippen molar-refractivity contribution in [3.05, 3.63) is 70.8 Å². The second-order valence-corrected chi connectivity index (χ2v) is 8.55. The molecule has 2 aromatic carbocycles. The summed E-state index contributed by atoms with van der Waals surface area (Å²) in [6.45, 7) is 5.70. The zero-order chi connectivity index (χ0) is 23.4. The number of Topliss-reactive ketones (excluding diaryl/α,β-unsaturated/α-hetero) is 1. The Balaban J connectivity index is 1.74. The van der Waals surface area contributed by atoms with Gasteiger partial charge in [-0.05, 0) is 61.1 Å². The van der Waals surface area contributed by atoms with Gasteiger partial charge in [-0.1, -0.05) is 38.1 Å². The van der Waals surface area contributed by atoms with Gasteiger partial charge in [0, 0.05) is 18.7 Å². The Morgan fingerprint density at radius 2 is 1.82 bits per heavy atom. The van der Waals surface area contributed by atoms with Gasteiger partial charge in [0.15, 0.2) is 0 Å². The van der Waals surface area contributed by atoms with Crippen molar-refractivity contribution in [1.82, 2.24) is 4.90 Å². The molecule has 2 heterocycles. The maximum atomic E-state index is 13.1. The summed E-state index contributed by atoms with van der Waals surface area (Å²) >= 11 is 0. The lowest BCUT2D eigenvalue weighted by atomic mass is 9.94. The number of likely N-dealkylation sites (tertiary alicyclic amines) is 1. The molecule has 0 bridgehead atoms. The Morgan fingerprint density at radius 3 is 2.42 bits per heavy atom. The smallest absolute Gasteiger partial charge is 0.295 e. The lowest BCUT2D eigenvalue weighted by Crippen LogP contribution is -2.36. The van der Waals surface area contributed by atoms with Crippen molar-refractivity contribution in [1.29, 1.82) is 0 Å². The van der Waals surface area contributed by atoms with Crippen LogP contribution in [0.15, 0.2) is 54.1 Å². The van der Waals surface area contributed by atoms with Crippen LogP contribution in [0, 0.1) is 0 Å². The second kappa shape index (κ2) is 10.2. The van der Waals surface area contributed by atoms with Crippen LogP contribution in [0.3, 0.4) is 0 Å². The normalized spacial score (nSPS) is 22.2. The Hall–Kier alpha value is -3.12. The summed E-state index contributed by atoms with van der Waals surface area (Å²) in [7, 11) is 0. The van der Waals surface area contributed by atoms with Crippen LogP contribution in [0.4, 0.5) is 0 Å². The number of ether oxygens (including phenoxy) is 2. The first-order chi connectivity index (χ1) is 16.0. The summed E-state index contributed by atoms with van der Waals surface area (Å²) < 4.78 is 11.4. The molecule has 174 valence electrons. The molecule has 0 aromatic heterocycles. The Morgan fingerprint density at radius 1 is 1.09 bits per heavy atom. The predicted octanol–water partition coefficient (Wildman–Crippen LogP) is 4.64. The van der Waals surface area contributed by atoms with E-state index in [1.165, 1.54) is 0 Å². The predicted molar refractivity (Wildman–Crippen MR) is 126 cm³/mol. The molecule has 2 unspecified atom stereocenters. The molecule has 4 rings (SSSR count). The number of ketones is 1. The number of aryl methyl sites for hydroxylation is 1. The van der Waals surface area contributed by atoms with Gasteiger partial charge < -0.3 is 19.5 Å². The highest BCUT2D eigenvalue weighted by molar-refractivity contribution is 6.46. The van der Waals surface area contributed by atoms with E-state index >= 15 is 0 Å². The van der Waals surface area contributed by atoms with Crippen LogP contribution in [0.25, 0.3) is 5.76 Å². The Bertz CT molecular complexity index is 1020. The summed E-state index contributed by atoms with van der Waals surface area (Å²) in [6, 6.07) is 14.2. The molecular weight excluding hydrogens is 418 g/mol. The van der Waals surface area contributed by atoms with E-state index in [2.05, 4.69) is 6.92 Å². The average Bonchev–Trinajstić information content (AvgIpc) is 3.45. The van der Waals surface area contributed by atoms with Crippen molar-refractivity contribution in [2.24, 2.45) is 0 Å². The summed E-state index contributed by atoms with van der Waals surface area (Å²) in [5.41, 5.74) is 2.56. The molecule has 33 heavy (non-hydrogen) atoms. The van der Waals surface area contributed by atoms with Crippen LogP contribution in [0.5, 0.6) is 5.75 Å². The van der Waals surface area contributed by atoms with Crippen LogP contribution in [-0.4, -0.2) is 47.6 Å². The number of carbonyl (C=O) groups excluding carboxylic acids is 2. The van der Waals surface area contributed by atoms with Gasteiger partial charge >= 0.3 is 0 Å². The molecule has 1 amide bonds. The summed E-state index contributed by atoms with van der Waals surface area (Å²) in [5, 5.41) is 11.2. The fourth-order valence-corrected chi connectivity index (χ4v) is 4.44. The third-order valence-corrected chi connectivity index (χ3v) is 6.27. The molecule has 6 nitrogen and oxygen atoms in total. The lowest BCUT2D eigenvalue weighted by Gasteiger charge is -2.27. The van der Waals surface area contributed by atoms with Crippen molar-refractivity contribution < 1.29 is 24.2 Å². The van der Waals surface area contributed by atoms with Crippen LogP contribution in [0.2, 0.25) is 0 Å². The minimum atomic E-state index is -0.665. The monoisotopic (exact) mass is 449 g/mol. The van der Waals surface area contributed by atoms with Gasteiger partial charge in [0.1, 0.15) is 11.5 Å². The van der Waals surface area contributed by atoms with Crippen LogP contribution < -0.4 is 4.74 Å². The van der Waals surface area contributed by atoms with E-state index in [0.717, 1.165) is 36.8 Å². The van der Waals surface area contributed by atoms with Gasteiger partial charge in [0.05, 0.1) is 24.3 Å². The molecule has 2 saturated heterocycles. The number of hydrogen-bond donors (Lipinski definition) is 1. The fraction of sp³-hybridized carbons (Fsp3) is 0.407. The molecule has 2 fully saturated rings. The van der Waals surface area contributed by atoms with E-state index in [1.807, 2.05) is 31.2 Å². The van der Waals surface area contributed by atoms with E-state index in [1.54, 1.807) is 29.2 Å². The van der Waals surface area contributed by atoms with Gasteiger partial charge in [-0.25, -0.2) is 0 Å². The molecule has 2 aliphatic heterocycles. The van der Waals surface area contributed by atoms with E-state index in [9.17, 15) is 14.7 Å². The molecular formula is C27H31NO5.